The molecule has 0 aliphatic heterocycles. The number of ether oxygens (including phenoxy) is 1. The van der Waals surface area contributed by atoms with Gasteiger partial charge >= 0.3 is 0 Å². The monoisotopic (exact) mass is 372 g/mol. The second-order valence-corrected chi connectivity index (χ2v) is 9.20. The molecular formula is C23H48O3. The largest absolute Gasteiger partial charge is 0.394 e. The van der Waals surface area contributed by atoms with Crippen molar-refractivity contribution >= 4 is 0 Å². The van der Waals surface area contributed by atoms with E-state index in [-0.39, 0.29) is 13.2 Å². The molecule has 0 bridgehead atoms. The summed E-state index contributed by atoms with van der Waals surface area (Å²) < 4.78 is 5.39. The van der Waals surface area contributed by atoms with Gasteiger partial charge < -0.3 is 14.9 Å². The molecule has 3 heteroatoms. The van der Waals surface area contributed by atoms with Gasteiger partial charge in [0.05, 0.1) is 13.2 Å². The highest BCUT2D eigenvalue weighted by Gasteiger charge is 2.08. The lowest BCUT2D eigenvalue weighted by molar-refractivity contribution is 0.00294. The van der Waals surface area contributed by atoms with Crippen molar-refractivity contribution in [2.24, 2.45) is 23.7 Å². The maximum Gasteiger partial charge on any atom is 0.100 e. The predicted octanol–water partition coefficient (Wildman–Crippen LogP) is 5.82. The Morgan fingerprint density at radius 2 is 1.08 bits per heavy atom. The molecule has 0 aromatic rings. The normalized spacial score (nSPS) is 16.6. The van der Waals surface area contributed by atoms with Crippen molar-refractivity contribution in [2.75, 3.05) is 19.8 Å². The van der Waals surface area contributed by atoms with Gasteiger partial charge in [-0.2, -0.15) is 0 Å². The summed E-state index contributed by atoms with van der Waals surface area (Å²) in [5.41, 5.74) is 0. The molecule has 0 spiro atoms. The summed E-state index contributed by atoms with van der Waals surface area (Å²) in [6.07, 6.45) is 12.6. The molecule has 0 rings (SSSR count). The van der Waals surface area contributed by atoms with Crippen LogP contribution in [0.2, 0.25) is 0 Å². The van der Waals surface area contributed by atoms with E-state index in [4.69, 9.17) is 9.84 Å². The van der Waals surface area contributed by atoms with Gasteiger partial charge in [0.2, 0.25) is 0 Å². The second-order valence-electron chi connectivity index (χ2n) is 9.20. The van der Waals surface area contributed by atoms with E-state index in [2.05, 4.69) is 34.6 Å². The minimum atomic E-state index is -0.732. The lowest BCUT2D eigenvalue weighted by Gasteiger charge is -2.16. The number of aliphatic hydroxyl groups excluding tert-OH is 2. The lowest BCUT2D eigenvalue weighted by atomic mass is 9.91. The van der Waals surface area contributed by atoms with Crippen LogP contribution in [0.1, 0.15) is 98.8 Å². The minimum Gasteiger partial charge on any atom is -0.394 e. The SMILES string of the molecule is CC(C)CCCC(C)CCCC(C)CCCC(C)CCOC[C@@H](O)CO. The average Bonchev–Trinajstić information content (AvgIpc) is 2.58. The van der Waals surface area contributed by atoms with Crippen LogP contribution in [0.4, 0.5) is 0 Å². The molecule has 0 aliphatic carbocycles. The third kappa shape index (κ3) is 17.3. The van der Waals surface area contributed by atoms with Crippen molar-refractivity contribution in [2.45, 2.75) is 105 Å². The predicted molar refractivity (Wildman–Crippen MR) is 112 cm³/mol. The van der Waals surface area contributed by atoms with Gasteiger partial charge in [-0.3, -0.25) is 0 Å². The van der Waals surface area contributed by atoms with Crippen LogP contribution in [-0.4, -0.2) is 36.1 Å². The van der Waals surface area contributed by atoms with Gasteiger partial charge in [-0.1, -0.05) is 92.4 Å². The van der Waals surface area contributed by atoms with Gasteiger partial charge in [0.15, 0.2) is 0 Å². The third-order valence-corrected chi connectivity index (χ3v) is 5.54. The van der Waals surface area contributed by atoms with E-state index < -0.39 is 6.10 Å². The fraction of sp³-hybridized carbons (Fsp3) is 1.00. The Labute approximate surface area is 163 Å². The highest BCUT2D eigenvalue weighted by Crippen LogP contribution is 2.22. The first-order chi connectivity index (χ1) is 12.3. The van der Waals surface area contributed by atoms with Crippen LogP contribution < -0.4 is 0 Å². The lowest BCUT2D eigenvalue weighted by Crippen LogP contribution is -2.20. The average molecular weight is 373 g/mol. The van der Waals surface area contributed by atoms with Crippen molar-refractivity contribution in [3.8, 4) is 0 Å². The van der Waals surface area contributed by atoms with E-state index in [0.717, 1.165) is 24.2 Å². The Balaban J connectivity index is 3.51. The molecule has 26 heavy (non-hydrogen) atoms. The Kier molecular flexibility index (Phi) is 16.9. The standard InChI is InChI=1S/C23H48O3/c1-19(2)9-6-10-20(3)11-7-12-21(4)13-8-14-22(5)15-16-26-18-23(25)17-24/h19-25H,6-18H2,1-5H3/t20?,21?,22?,23-/m0/s1. The van der Waals surface area contributed by atoms with E-state index >= 15 is 0 Å². The van der Waals surface area contributed by atoms with Crippen molar-refractivity contribution in [3.63, 3.8) is 0 Å². The van der Waals surface area contributed by atoms with E-state index in [1.54, 1.807) is 0 Å². The minimum absolute atomic E-state index is 0.218. The first-order valence-electron chi connectivity index (χ1n) is 11.2. The quantitative estimate of drug-likeness (QED) is 0.298. The molecular weight excluding hydrogens is 324 g/mol. The van der Waals surface area contributed by atoms with Gasteiger partial charge in [0, 0.05) is 6.61 Å². The Morgan fingerprint density at radius 3 is 1.50 bits per heavy atom. The Morgan fingerprint density at radius 1 is 0.654 bits per heavy atom. The molecule has 0 saturated heterocycles. The summed E-state index contributed by atoms with van der Waals surface area (Å²) >= 11 is 0. The summed E-state index contributed by atoms with van der Waals surface area (Å²) in [6, 6.07) is 0. The molecule has 4 atom stereocenters. The summed E-state index contributed by atoms with van der Waals surface area (Å²) in [7, 11) is 0. The first-order valence-corrected chi connectivity index (χ1v) is 11.2. The molecule has 0 radical (unpaired) electrons. The number of hydrogen-bond donors (Lipinski definition) is 2. The van der Waals surface area contributed by atoms with Gasteiger partial charge in [-0.05, 0) is 30.1 Å². The van der Waals surface area contributed by atoms with Crippen LogP contribution in [-0.2, 0) is 4.74 Å². The molecule has 0 aromatic carbocycles. The van der Waals surface area contributed by atoms with Gasteiger partial charge in [-0.15, -0.1) is 0 Å². The number of hydrogen-bond acceptors (Lipinski definition) is 3. The second kappa shape index (κ2) is 17.0. The molecule has 158 valence electrons. The molecule has 0 amide bonds. The zero-order chi connectivity index (χ0) is 19.8. The van der Waals surface area contributed by atoms with Gasteiger partial charge in [0.1, 0.15) is 6.10 Å². The zero-order valence-electron chi connectivity index (χ0n) is 18.4. The van der Waals surface area contributed by atoms with Gasteiger partial charge in [-0.25, -0.2) is 0 Å². The van der Waals surface area contributed by atoms with E-state index in [0.29, 0.717) is 12.5 Å². The van der Waals surface area contributed by atoms with Crippen LogP contribution in [0.25, 0.3) is 0 Å². The fourth-order valence-electron chi connectivity index (χ4n) is 3.49. The molecule has 0 aromatic heterocycles. The summed E-state index contributed by atoms with van der Waals surface area (Å²) in [5, 5.41) is 18.0. The van der Waals surface area contributed by atoms with Crippen LogP contribution >= 0.6 is 0 Å². The molecule has 3 unspecified atom stereocenters. The maximum absolute atomic E-state index is 9.22. The van der Waals surface area contributed by atoms with Crippen molar-refractivity contribution in [3.05, 3.63) is 0 Å². The molecule has 0 aliphatic rings. The van der Waals surface area contributed by atoms with Crippen LogP contribution in [0.5, 0.6) is 0 Å². The molecule has 0 saturated carbocycles. The van der Waals surface area contributed by atoms with E-state index in [1.807, 2.05) is 0 Å². The summed E-state index contributed by atoms with van der Waals surface area (Å²) in [4.78, 5) is 0. The summed E-state index contributed by atoms with van der Waals surface area (Å²) in [6.45, 7) is 12.5. The Bertz CT molecular complexity index is 293. The highest BCUT2D eigenvalue weighted by molar-refractivity contribution is 4.61. The Hall–Kier alpha value is -0.120. The fourth-order valence-corrected chi connectivity index (χ4v) is 3.49. The van der Waals surface area contributed by atoms with Crippen LogP contribution in [0.3, 0.4) is 0 Å². The molecule has 0 fully saturated rings. The first kappa shape index (κ1) is 25.9. The highest BCUT2D eigenvalue weighted by atomic mass is 16.5. The molecule has 0 heterocycles. The zero-order valence-corrected chi connectivity index (χ0v) is 18.4. The summed E-state index contributed by atoms with van der Waals surface area (Å²) in [5.74, 6) is 3.27. The molecule has 2 N–H and O–H groups in total. The van der Waals surface area contributed by atoms with Crippen molar-refractivity contribution in [1.29, 1.82) is 0 Å². The smallest absolute Gasteiger partial charge is 0.100 e. The molecule has 3 nitrogen and oxygen atoms in total. The van der Waals surface area contributed by atoms with E-state index in [1.165, 1.54) is 57.8 Å². The van der Waals surface area contributed by atoms with Gasteiger partial charge in [0.25, 0.3) is 0 Å². The topological polar surface area (TPSA) is 49.7 Å². The van der Waals surface area contributed by atoms with Crippen LogP contribution in [0.15, 0.2) is 0 Å². The maximum atomic E-state index is 9.22. The van der Waals surface area contributed by atoms with E-state index in [9.17, 15) is 5.11 Å². The van der Waals surface area contributed by atoms with Crippen molar-refractivity contribution in [1.82, 2.24) is 0 Å². The third-order valence-electron chi connectivity index (χ3n) is 5.54. The number of rotatable bonds is 18. The van der Waals surface area contributed by atoms with Crippen molar-refractivity contribution < 1.29 is 14.9 Å². The van der Waals surface area contributed by atoms with Crippen LogP contribution in [0, 0.1) is 23.7 Å². The number of aliphatic hydroxyl groups is 2.